The Hall–Kier alpha value is -2.59. The van der Waals surface area contributed by atoms with E-state index in [1.54, 1.807) is 4.57 Å². The second kappa shape index (κ2) is 7.20. The maximum Gasteiger partial charge on any atom is 0.297 e. The summed E-state index contributed by atoms with van der Waals surface area (Å²) >= 11 is 0. The van der Waals surface area contributed by atoms with Gasteiger partial charge in [0.1, 0.15) is 18.9 Å². The molecule has 1 aliphatic rings. The van der Waals surface area contributed by atoms with E-state index in [0.29, 0.717) is 12.1 Å². The maximum absolute atomic E-state index is 12.6. The van der Waals surface area contributed by atoms with E-state index in [1.165, 1.54) is 17.2 Å². The van der Waals surface area contributed by atoms with Gasteiger partial charge in [0.2, 0.25) is 0 Å². The number of imidazole rings is 1. The lowest BCUT2D eigenvalue weighted by Crippen LogP contribution is -2.31. The molecule has 0 spiro atoms. The number of aliphatic hydroxyl groups excluding tert-OH is 3. The third kappa shape index (κ3) is 3.26. The summed E-state index contributed by atoms with van der Waals surface area (Å²) in [6.45, 7) is 0.339. The van der Waals surface area contributed by atoms with Crippen LogP contribution in [0.4, 0.5) is 0 Å². The van der Waals surface area contributed by atoms with Crippen molar-refractivity contribution in [2.75, 3.05) is 0 Å². The Morgan fingerprint density at radius 2 is 1.93 bits per heavy atom. The zero-order valence-electron chi connectivity index (χ0n) is 14.4. The summed E-state index contributed by atoms with van der Waals surface area (Å²) in [6.07, 6.45) is -0.346. The van der Waals surface area contributed by atoms with E-state index in [0.717, 1.165) is 5.56 Å². The molecular formula is C18H20N4O5. The first kappa shape index (κ1) is 17.8. The summed E-state index contributed by atoms with van der Waals surface area (Å²) in [4.78, 5) is 16.7. The van der Waals surface area contributed by atoms with Crippen LogP contribution in [0.1, 0.15) is 18.0 Å². The zero-order valence-corrected chi connectivity index (χ0v) is 14.4. The average Bonchev–Trinajstić information content (AvgIpc) is 3.21. The van der Waals surface area contributed by atoms with Gasteiger partial charge in [0.25, 0.3) is 5.56 Å². The standard InChI is InChI=1S/C18H20N4O5/c23-14-6-12(16(24)17(14)25)21-9-19-15-13(21)7-20-22(18(15)26)10-27-8-11-4-2-1-3-5-11/h1-5,7,9,12,14,16-17,23-25H,6,8,10H2. The summed E-state index contributed by atoms with van der Waals surface area (Å²) < 4.78 is 8.30. The Bertz CT molecular complexity index is 986. The molecule has 1 saturated carbocycles. The molecule has 3 N–H and O–H groups in total. The first-order valence-electron chi connectivity index (χ1n) is 8.65. The van der Waals surface area contributed by atoms with Gasteiger partial charge in [0.05, 0.1) is 36.8 Å². The molecule has 0 amide bonds. The predicted octanol–water partition coefficient (Wildman–Crippen LogP) is -0.205. The van der Waals surface area contributed by atoms with Crippen molar-refractivity contribution in [1.29, 1.82) is 0 Å². The van der Waals surface area contributed by atoms with E-state index in [1.807, 2.05) is 30.3 Å². The van der Waals surface area contributed by atoms with Gasteiger partial charge >= 0.3 is 0 Å². The number of rotatable bonds is 5. The normalized spacial score (nSPS) is 25.3. The van der Waals surface area contributed by atoms with Gasteiger partial charge in [0, 0.05) is 0 Å². The Balaban J connectivity index is 1.54. The molecule has 9 nitrogen and oxygen atoms in total. The van der Waals surface area contributed by atoms with Crippen LogP contribution in [0, 0.1) is 0 Å². The highest BCUT2D eigenvalue weighted by molar-refractivity contribution is 5.73. The Morgan fingerprint density at radius 3 is 2.63 bits per heavy atom. The summed E-state index contributed by atoms with van der Waals surface area (Å²) in [5.74, 6) is 0. The van der Waals surface area contributed by atoms with Gasteiger partial charge in [-0.2, -0.15) is 5.10 Å². The molecule has 0 aliphatic heterocycles. The average molecular weight is 372 g/mol. The topological polar surface area (TPSA) is 123 Å². The number of benzene rings is 1. The third-order valence-corrected chi connectivity index (χ3v) is 4.89. The zero-order chi connectivity index (χ0) is 19.0. The number of ether oxygens (including phenoxy) is 1. The van der Waals surface area contributed by atoms with Crippen LogP contribution in [0.3, 0.4) is 0 Å². The van der Waals surface area contributed by atoms with Crippen molar-refractivity contribution in [3.63, 3.8) is 0 Å². The molecule has 142 valence electrons. The van der Waals surface area contributed by atoms with Gasteiger partial charge in [-0.15, -0.1) is 0 Å². The van der Waals surface area contributed by atoms with Gasteiger partial charge in [-0.05, 0) is 12.0 Å². The first-order chi connectivity index (χ1) is 13.1. The van der Waals surface area contributed by atoms with E-state index in [4.69, 9.17) is 4.74 Å². The number of aromatic nitrogens is 4. The van der Waals surface area contributed by atoms with Gasteiger partial charge in [-0.25, -0.2) is 9.67 Å². The van der Waals surface area contributed by atoms with Crippen LogP contribution in [0.2, 0.25) is 0 Å². The molecule has 2 heterocycles. The Kier molecular flexibility index (Phi) is 4.75. The fourth-order valence-corrected chi connectivity index (χ4v) is 3.40. The van der Waals surface area contributed by atoms with Crippen molar-refractivity contribution in [2.45, 2.75) is 44.1 Å². The minimum atomic E-state index is -1.23. The van der Waals surface area contributed by atoms with Crippen molar-refractivity contribution in [3.05, 3.63) is 58.8 Å². The predicted molar refractivity (Wildman–Crippen MR) is 94.7 cm³/mol. The van der Waals surface area contributed by atoms with Crippen LogP contribution in [0.25, 0.3) is 11.0 Å². The summed E-state index contributed by atoms with van der Waals surface area (Å²) in [5, 5.41) is 33.8. The van der Waals surface area contributed by atoms with E-state index in [9.17, 15) is 20.1 Å². The smallest absolute Gasteiger partial charge is 0.297 e. The van der Waals surface area contributed by atoms with Crippen LogP contribution in [-0.4, -0.2) is 53.0 Å². The molecule has 0 radical (unpaired) electrons. The number of nitrogens with zero attached hydrogens (tertiary/aromatic N) is 4. The number of aliphatic hydroxyl groups is 3. The third-order valence-electron chi connectivity index (χ3n) is 4.89. The molecule has 9 heteroatoms. The summed E-state index contributed by atoms with van der Waals surface area (Å²) in [5.41, 5.74) is 1.21. The van der Waals surface area contributed by atoms with Crippen molar-refractivity contribution in [2.24, 2.45) is 0 Å². The van der Waals surface area contributed by atoms with Crippen LogP contribution in [0.15, 0.2) is 47.7 Å². The molecule has 4 rings (SSSR count). The van der Waals surface area contributed by atoms with E-state index >= 15 is 0 Å². The largest absolute Gasteiger partial charge is 0.390 e. The Morgan fingerprint density at radius 1 is 1.15 bits per heavy atom. The molecule has 2 aromatic heterocycles. The molecule has 0 bridgehead atoms. The summed E-state index contributed by atoms with van der Waals surface area (Å²) in [7, 11) is 0. The molecule has 0 saturated heterocycles. The number of hydrogen-bond donors (Lipinski definition) is 3. The van der Waals surface area contributed by atoms with Gasteiger partial charge in [-0.3, -0.25) is 4.79 Å². The SMILES string of the molecule is O=c1c2ncn(C3CC(O)C(O)C3O)c2cnn1COCc1ccccc1. The van der Waals surface area contributed by atoms with Crippen molar-refractivity contribution >= 4 is 11.0 Å². The minimum absolute atomic E-state index is 0.0139. The maximum atomic E-state index is 12.6. The molecule has 27 heavy (non-hydrogen) atoms. The van der Waals surface area contributed by atoms with Crippen molar-refractivity contribution in [1.82, 2.24) is 19.3 Å². The van der Waals surface area contributed by atoms with Gasteiger partial charge in [-0.1, -0.05) is 30.3 Å². The molecule has 4 atom stereocenters. The van der Waals surface area contributed by atoms with E-state index < -0.39 is 29.9 Å². The van der Waals surface area contributed by atoms with Gasteiger partial charge < -0.3 is 24.6 Å². The highest BCUT2D eigenvalue weighted by Gasteiger charge is 2.42. The van der Waals surface area contributed by atoms with Crippen molar-refractivity contribution in [3.8, 4) is 0 Å². The van der Waals surface area contributed by atoms with Crippen LogP contribution in [-0.2, 0) is 18.1 Å². The van der Waals surface area contributed by atoms with E-state index in [-0.39, 0.29) is 18.7 Å². The molecule has 4 unspecified atom stereocenters. The van der Waals surface area contributed by atoms with Crippen LogP contribution >= 0.6 is 0 Å². The first-order valence-corrected chi connectivity index (χ1v) is 8.65. The lowest BCUT2D eigenvalue weighted by Gasteiger charge is -2.18. The quantitative estimate of drug-likeness (QED) is 0.566. The van der Waals surface area contributed by atoms with Crippen molar-refractivity contribution < 1.29 is 20.1 Å². The fraction of sp³-hybridized carbons (Fsp3) is 0.389. The van der Waals surface area contributed by atoms with Crippen LogP contribution in [0.5, 0.6) is 0 Å². The molecular weight excluding hydrogens is 352 g/mol. The highest BCUT2D eigenvalue weighted by Crippen LogP contribution is 2.32. The lowest BCUT2D eigenvalue weighted by atomic mass is 10.2. The lowest BCUT2D eigenvalue weighted by molar-refractivity contribution is -0.0244. The molecule has 1 aromatic carbocycles. The van der Waals surface area contributed by atoms with Crippen LogP contribution < -0.4 is 5.56 Å². The second-order valence-electron chi connectivity index (χ2n) is 6.65. The highest BCUT2D eigenvalue weighted by atomic mass is 16.5. The van der Waals surface area contributed by atoms with Gasteiger partial charge in [0.15, 0.2) is 5.52 Å². The van der Waals surface area contributed by atoms with E-state index in [2.05, 4.69) is 10.1 Å². The molecule has 3 aromatic rings. The minimum Gasteiger partial charge on any atom is -0.390 e. The molecule has 1 aliphatic carbocycles. The Labute approximate surface area is 154 Å². The summed E-state index contributed by atoms with van der Waals surface area (Å²) in [6, 6.07) is 9.01. The fourth-order valence-electron chi connectivity index (χ4n) is 3.40. The second-order valence-corrected chi connectivity index (χ2v) is 6.65. The number of hydrogen-bond acceptors (Lipinski definition) is 7. The monoisotopic (exact) mass is 372 g/mol. The number of fused-ring (bicyclic) bond motifs is 1. The molecule has 1 fully saturated rings.